The highest BCUT2D eigenvalue weighted by molar-refractivity contribution is 6.31. The molecule has 0 spiro atoms. The van der Waals surface area contributed by atoms with Crippen LogP contribution in [0.4, 0.5) is 5.69 Å². The molecule has 0 aliphatic carbocycles. The summed E-state index contributed by atoms with van der Waals surface area (Å²) in [5.74, 6) is -0.592. The van der Waals surface area contributed by atoms with E-state index in [1.165, 1.54) is 6.07 Å². The maximum Gasteiger partial charge on any atom is 0.291 e. The van der Waals surface area contributed by atoms with Gasteiger partial charge in [-0.3, -0.25) is 9.59 Å². The maximum absolute atomic E-state index is 12.2. The van der Waals surface area contributed by atoms with Gasteiger partial charge in [-0.1, -0.05) is 23.2 Å². The van der Waals surface area contributed by atoms with Gasteiger partial charge in [-0.25, -0.2) is 0 Å². The van der Waals surface area contributed by atoms with Crippen LogP contribution in [-0.2, 0) is 0 Å². The van der Waals surface area contributed by atoms with Crippen molar-refractivity contribution < 1.29 is 9.21 Å². The van der Waals surface area contributed by atoms with Crippen molar-refractivity contribution in [1.29, 1.82) is 0 Å². The van der Waals surface area contributed by atoms with Gasteiger partial charge in [0.1, 0.15) is 5.58 Å². The molecule has 1 N–H and O–H groups in total. The molecule has 0 atom stereocenters. The van der Waals surface area contributed by atoms with Gasteiger partial charge in [0.05, 0.1) is 5.39 Å². The molecule has 0 bridgehead atoms. The van der Waals surface area contributed by atoms with E-state index in [0.717, 1.165) is 6.07 Å². The second-order valence-electron chi connectivity index (χ2n) is 4.58. The maximum atomic E-state index is 12.2. The number of rotatable bonds is 2. The van der Waals surface area contributed by atoms with Crippen molar-refractivity contribution in [3.8, 4) is 0 Å². The first kappa shape index (κ1) is 14.6. The lowest BCUT2D eigenvalue weighted by Gasteiger charge is -2.05. The summed E-state index contributed by atoms with van der Waals surface area (Å²) in [7, 11) is 0. The Balaban J connectivity index is 1.96. The summed E-state index contributed by atoms with van der Waals surface area (Å²) in [6.07, 6.45) is 0. The van der Waals surface area contributed by atoms with Crippen LogP contribution >= 0.6 is 23.2 Å². The second-order valence-corrected chi connectivity index (χ2v) is 5.45. The number of carbonyl (C=O) groups excluding carboxylic acids is 1. The molecule has 2 aromatic carbocycles. The Morgan fingerprint density at radius 2 is 1.64 bits per heavy atom. The summed E-state index contributed by atoms with van der Waals surface area (Å²) in [6, 6.07) is 12.4. The van der Waals surface area contributed by atoms with Crippen molar-refractivity contribution in [3.05, 3.63) is 74.6 Å². The van der Waals surface area contributed by atoms with Crippen LogP contribution in [0, 0.1) is 0 Å². The number of fused-ring (bicyclic) bond motifs is 1. The highest BCUT2D eigenvalue weighted by Crippen LogP contribution is 2.19. The Hall–Kier alpha value is -2.30. The van der Waals surface area contributed by atoms with Crippen molar-refractivity contribution in [2.75, 3.05) is 5.32 Å². The van der Waals surface area contributed by atoms with Crippen LogP contribution in [-0.4, -0.2) is 5.91 Å². The van der Waals surface area contributed by atoms with Crippen LogP contribution in [0.5, 0.6) is 0 Å². The number of nitrogens with one attached hydrogen (secondary N) is 1. The molecule has 3 aromatic rings. The van der Waals surface area contributed by atoms with Crippen LogP contribution in [0.25, 0.3) is 11.0 Å². The normalized spacial score (nSPS) is 10.6. The first-order valence-electron chi connectivity index (χ1n) is 6.33. The quantitative estimate of drug-likeness (QED) is 0.758. The van der Waals surface area contributed by atoms with Gasteiger partial charge < -0.3 is 9.73 Å². The summed E-state index contributed by atoms with van der Waals surface area (Å²) in [5, 5.41) is 3.95. The molecular weight excluding hydrogens is 325 g/mol. The van der Waals surface area contributed by atoms with Crippen molar-refractivity contribution >= 4 is 45.8 Å². The third kappa shape index (κ3) is 2.98. The second kappa shape index (κ2) is 5.83. The molecule has 1 amide bonds. The number of benzene rings is 2. The number of hydrogen-bond donors (Lipinski definition) is 1. The monoisotopic (exact) mass is 333 g/mol. The van der Waals surface area contributed by atoms with Gasteiger partial charge in [0.25, 0.3) is 5.91 Å². The standard InChI is InChI=1S/C16H9Cl2NO3/c17-9-1-4-11(5-2-9)19-16(21)15-8-13(20)12-7-10(18)3-6-14(12)22-15/h1-8H,(H,19,21). The zero-order valence-electron chi connectivity index (χ0n) is 11.1. The number of hydrogen-bond acceptors (Lipinski definition) is 3. The lowest BCUT2D eigenvalue weighted by Crippen LogP contribution is -2.14. The van der Waals surface area contributed by atoms with Crippen molar-refractivity contribution in [2.24, 2.45) is 0 Å². The molecule has 0 saturated heterocycles. The molecule has 0 fully saturated rings. The zero-order valence-corrected chi connectivity index (χ0v) is 12.6. The zero-order chi connectivity index (χ0) is 15.7. The molecule has 0 radical (unpaired) electrons. The summed E-state index contributed by atoms with van der Waals surface area (Å²) < 4.78 is 5.46. The predicted octanol–water partition coefficient (Wildman–Crippen LogP) is 4.35. The summed E-state index contributed by atoms with van der Waals surface area (Å²) in [5.41, 5.74) is 0.524. The molecule has 1 aromatic heterocycles. The van der Waals surface area contributed by atoms with Gasteiger partial charge in [-0.2, -0.15) is 0 Å². The lowest BCUT2D eigenvalue weighted by atomic mass is 10.2. The Morgan fingerprint density at radius 3 is 2.36 bits per heavy atom. The van der Waals surface area contributed by atoms with Crippen LogP contribution in [0.2, 0.25) is 10.0 Å². The topological polar surface area (TPSA) is 59.3 Å². The lowest BCUT2D eigenvalue weighted by molar-refractivity contribution is 0.0997. The average Bonchev–Trinajstić information content (AvgIpc) is 2.50. The third-order valence-electron chi connectivity index (χ3n) is 3.02. The van der Waals surface area contributed by atoms with E-state index in [4.69, 9.17) is 27.6 Å². The Bertz CT molecular complexity index is 917. The van der Waals surface area contributed by atoms with Gasteiger partial charge in [0.2, 0.25) is 0 Å². The molecule has 1 heterocycles. The fraction of sp³-hybridized carbons (Fsp3) is 0. The Kier molecular flexibility index (Phi) is 3.88. The Labute approximate surface area is 135 Å². The molecule has 4 nitrogen and oxygen atoms in total. The van der Waals surface area contributed by atoms with E-state index in [2.05, 4.69) is 5.32 Å². The Morgan fingerprint density at radius 1 is 0.955 bits per heavy atom. The molecule has 3 rings (SSSR count). The van der Waals surface area contributed by atoms with Crippen LogP contribution in [0.3, 0.4) is 0 Å². The minimum atomic E-state index is -0.517. The van der Waals surface area contributed by atoms with Gasteiger partial charge in [0.15, 0.2) is 11.2 Å². The number of carbonyl (C=O) groups is 1. The first-order chi connectivity index (χ1) is 10.5. The van der Waals surface area contributed by atoms with Crippen molar-refractivity contribution in [3.63, 3.8) is 0 Å². The molecule has 110 valence electrons. The molecule has 0 saturated carbocycles. The first-order valence-corrected chi connectivity index (χ1v) is 7.09. The van der Waals surface area contributed by atoms with Crippen molar-refractivity contribution in [2.45, 2.75) is 0 Å². The third-order valence-corrected chi connectivity index (χ3v) is 3.50. The van der Waals surface area contributed by atoms with E-state index in [9.17, 15) is 9.59 Å². The minimum absolute atomic E-state index is 0.0743. The van der Waals surface area contributed by atoms with Crippen LogP contribution in [0.1, 0.15) is 10.6 Å². The number of amides is 1. The van der Waals surface area contributed by atoms with E-state index < -0.39 is 5.91 Å². The van der Waals surface area contributed by atoms with Gasteiger partial charge in [0, 0.05) is 21.8 Å². The molecular formula is C16H9Cl2NO3. The highest BCUT2D eigenvalue weighted by Gasteiger charge is 2.13. The molecule has 22 heavy (non-hydrogen) atoms. The summed E-state index contributed by atoms with van der Waals surface area (Å²) in [4.78, 5) is 24.2. The smallest absolute Gasteiger partial charge is 0.291 e. The molecule has 0 aliphatic rings. The predicted molar refractivity (Wildman–Crippen MR) is 86.9 cm³/mol. The fourth-order valence-electron chi connectivity index (χ4n) is 1.97. The van der Waals surface area contributed by atoms with Gasteiger partial charge >= 0.3 is 0 Å². The highest BCUT2D eigenvalue weighted by atomic mass is 35.5. The van der Waals surface area contributed by atoms with E-state index >= 15 is 0 Å². The molecule has 6 heteroatoms. The average molecular weight is 334 g/mol. The SMILES string of the molecule is O=C(Nc1ccc(Cl)cc1)c1cc(=O)c2cc(Cl)ccc2o1. The summed E-state index contributed by atoms with van der Waals surface area (Å²) in [6.45, 7) is 0. The number of anilines is 1. The van der Waals surface area contributed by atoms with Crippen LogP contribution < -0.4 is 10.7 Å². The van der Waals surface area contributed by atoms with Crippen molar-refractivity contribution in [1.82, 2.24) is 0 Å². The largest absolute Gasteiger partial charge is 0.451 e. The van der Waals surface area contributed by atoms with E-state index in [-0.39, 0.29) is 11.2 Å². The van der Waals surface area contributed by atoms with Gasteiger partial charge in [-0.15, -0.1) is 0 Å². The van der Waals surface area contributed by atoms with Crippen LogP contribution in [0.15, 0.2) is 57.7 Å². The van der Waals surface area contributed by atoms with E-state index in [0.29, 0.717) is 26.7 Å². The summed E-state index contributed by atoms with van der Waals surface area (Å²) >= 11 is 11.6. The van der Waals surface area contributed by atoms with E-state index in [1.54, 1.807) is 36.4 Å². The fourth-order valence-corrected chi connectivity index (χ4v) is 2.26. The van der Waals surface area contributed by atoms with E-state index in [1.807, 2.05) is 0 Å². The van der Waals surface area contributed by atoms with Gasteiger partial charge in [-0.05, 0) is 42.5 Å². The number of halogens is 2. The molecule has 0 unspecified atom stereocenters. The molecule has 0 aliphatic heterocycles. The minimum Gasteiger partial charge on any atom is -0.451 e.